The summed E-state index contributed by atoms with van der Waals surface area (Å²) in [5.41, 5.74) is 2.04. The van der Waals surface area contributed by atoms with Crippen LogP contribution in [0.4, 0.5) is 5.82 Å². The minimum Gasteiger partial charge on any atom is -0.360 e. The van der Waals surface area contributed by atoms with Crippen LogP contribution in [0.1, 0.15) is 35.9 Å². The van der Waals surface area contributed by atoms with Gasteiger partial charge < -0.3 is 5.32 Å². The maximum atomic E-state index is 5.99. The van der Waals surface area contributed by atoms with Crippen LogP contribution in [0.5, 0.6) is 0 Å². The molecule has 0 amide bonds. The molecule has 0 spiro atoms. The molecule has 0 fully saturated rings. The van der Waals surface area contributed by atoms with Crippen LogP contribution in [-0.2, 0) is 0 Å². The van der Waals surface area contributed by atoms with E-state index in [1.807, 2.05) is 13.8 Å². The first-order chi connectivity index (χ1) is 9.00. The Morgan fingerprint density at radius 3 is 2.53 bits per heavy atom. The van der Waals surface area contributed by atoms with Gasteiger partial charge in [0.25, 0.3) is 0 Å². The van der Waals surface area contributed by atoms with Crippen molar-refractivity contribution in [2.24, 2.45) is 5.92 Å². The first kappa shape index (κ1) is 14.3. The van der Waals surface area contributed by atoms with E-state index in [1.165, 1.54) is 4.88 Å². The van der Waals surface area contributed by atoms with Gasteiger partial charge in [-0.15, -0.1) is 21.5 Å². The number of thiophene rings is 1. The normalized spacial score (nSPS) is 12.7. The number of hydrogen-bond donors (Lipinski definition) is 1. The minimum absolute atomic E-state index is 0.244. The Kier molecular flexibility index (Phi) is 4.42. The summed E-state index contributed by atoms with van der Waals surface area (Å²) in [5, 5.41) is 14.2. The third kappa shape index (κ3) is 3.07. The summed E-state index contributed by atoms with van der Waals surface area (Å²) in [4.78, 5) is 1.31. The summed E-state index contributed by atoms with van der Waals surface area (Å²) in [6, 6.07) is 4.46. The van der Waals surface area contributed by atoms with E-state index < -0.39 is 0 Å². The van der Waals surface area contributed by atoms with Crippen molar-refractivity contribution in [2.45, 2.75) is 33.7 Å². The molecule has 0 aliphatic carbocycles. The van der Waals surface area contributed by atoms with E-state index in [2.05, 4.69) is 46.9 Å². The number of nitrogens with one attached hydrogen (secondary N) is 1. The molecule has 2 rings (SSSR count). The quantitative estimate of drug-likeness (QED) is 0.894. The first-order valence-electron chi connectivity index (χ1n) is 6.30. The van der Waals surface area contributed by atoms with Crippen LogP contribution >= 0.6 is 22.9 Å². The topological polar surface area (TPSA) is 37.8 Å². The molecule has 0 aliphatic heterocycles. The monoisotopic (exact) mass is 295 g/mol. The Bertz CT molecular complexity index is 552. The minimum atomic E-state index is 0.244. The lowest BCUT2D eigenvalue weighted by atomic mass is 10.0. The van der Waals surface area contributed by atoms with Crippen molar-refractivity contribution in [3.05, 3.63) is 38.7 Å². The van der Waals surface area contributed by atoms with Gasteiger partial charge in [-0.2, -0.15) is 0 Å². The van der Waals surface area contributed by atoms with Crippen molar-refractivity contribution < 1.29 is 0 Å². The lowest BCUT2D eigenvalue weighted by Crippen LogP contribution is -2.18. The third-order valence-corrected chi connectivity index (χ3v) is 4.59. The van der Waals surface area contributed by atoms with Crippen molar-refractivity contribution in [2.75, 3.05) is 5.32 Å². The largest absolute Gasteiger partial charge is 0.360 e. The van der Waals surface area contributed by atoms with Crippen LogP contribution in [0, 0.1) is 19.8 Å². The van der Waals surface area contributed by atoms with Crippen molar-refractivity contribution in [1.82, 2.24) is 10.2 Å². The summed E-state index contributed by atoms with van der Waals surface area (Å²) >= 11 is 7.74. The van der Waals surface area contributed by atoms with Gasteiger partial charge in [-0.05, 0) is 42.3 Å². The smallest absolute Gasteiger partial charge is 0.155 e. The number of aromatic nitrogens is 2. The maximum Gasteiger partial charge on any atom is 0.155 e. The molecule has 1 unspecified atom stereocenters. The van der Waals surface area contributed by atoms with Gasteiger partial charge in [0, 0.05) is 4.88 Å². The molecule has 1 atom stereocenters. The lowest BCUT2D eigenvalue weighted by molar-refractivity contribution is 0.550. The zero-order valence-electron chi connectivity index (χ0n) is 11.6. The second kappa shape index (κ2) is 5.88. The number of rotatable bonds is 4. The fraction of sp³-hybridized carbons (Fsp3) is 0.429. The van der Waals surface area contributed by atoms with E-state index in [-0.39, 0.29) is 6.04 Å². The molecule has 0 saturated carbocycles. The summed E-state index contributed by atoms with van der Waals surface area (Å²) < 4.78 is 0. The molecule has 0 aromatic carbocycles. The van der Waals surface area contributed by atoms with Crippen LogP contribution < -0.4 is 5.32 Å². The van der Waals surface area contributed by atoms with Gasteiger partial charge in [0.2, 0.25) is 0 Å². The van der Waals surface area contributed by atoms with Crippen LogP contribution in [0.15, 0.2) is 17.5 Å². The van der Waals surface area contributed by atoms with Crippen LogP contribution in [0.3, 0.4) is 0 Å². The highest BCUT2D eigenvalue weighted by Gasteiger charge is 2.19. The standard InChI is InChI=1S/C14H18ClN3S/c1-8(2)12(11-6-5-7-19-11)16-14-10(4)9(3)13(15)17-18-14/h5-8,12H,1-4H3,(H,16,18). The van der Waals surface area contributed by atoms with Gasteiger partial charge in [0.1, 0.15) is 0 Å². The van der Waals surface area contributed by atoms with Crippen LogP contribution in [0.25, 0.3) is 0 Å². The van der Waals surface area contributed by atoms with E-state index in [0.717, 1.165) is 16.9 Å². The van der Waals surface area contributed by atoms with Crippen molar-refractivity contribution in [3.63, 3.8) is 0 Å². The second-order valence-corrected chi connectivity index (χ2v) is 6.31. The molecule has 0 saturated heterocycles. The van der Waals surface area contributed by atoms with E-state index in [1.54, 1.807) is 11.3 Å². The lowest BCUT2D eigenvalue weighted by Gasteiger charge is -2.23. The van der Waals surface area contributed by atoms with Gasteiger partial charge in [-0.1, -0.05) is 31.5 Å². The molecule has 0 aliphatic rings. The van der Waals surface area contributed by atoms with Crippen LogP contribution in [0.2, 0.25) is 5.15 Å². The molecular weight excluding hydrogens is 278 g/mol. The molecule has 2 heterocycles. The summed E-state index contributed by atoms with van der Waals surface area (Å²) in [6.07, 6.45) is 0. The summed E-state index contributed by atoms with van der Waals surface area (Å²) in [7, 11) is 0. The van der Waals surface area contributed by atoms with E-state index >= 15 is 0 Å². The highest BCUT2D eigenvalue weighted by Crippen LogP contribution is 2.31. The first-order valence-corrected chi connectivity index (χ1v) is 7.55. The van der Waals surface area contributed by atoms with Crippen molar-refractivity contribution in [1.29, 1.82) is 0 Å². The molecule has 5 heteroatoms. The fourth-order valence-electron chi connectivity index (χ4n) is 1.90. The Labute approximate surface area is 123 Å². The zero-order chi connectivity index (χ0) is 14.0. The maximum absolute atomic E-state index is 5.99. The Morgan fingerprint density at radius 2 is 1.95 bits per heavy atom. The molecule has 19 heavy (non-hydrogen) atoms. The molecule has 3 nitrogen and oxygen atoms in total. The molecule has 2 aromatic heterocycles. The van der Waals surface area contributed by atoms with Gasteiger partial charge in [0.05, 0.1) is 6.04 Å². The summed E-state index contributed by atoms with van der Waals surface area (Å²) in [6.45, 7) is 8.38. The molecule has 2 aromatic rings. The van der Waals surface area contributed by atoms with E-state index in [9.17, 15) is 0 Å². The average Bonchev–Trinajstić information content (AvgIpc) is 2.88. The molecule has 0 radical (unpaired) electrons. The highest BCUT2D eigenvalue weighted by atomic mass is 35.5. The van der Waals surface area contributed by atoms with Gasteiger partial charge in [0.15, 0.2) is 11.0 Å². The Hall–Kier alpha value is -1.13. The van der Waals surface area contributed by atoms with Gasteiger partial charge in [-0.25, -0.2) is 0 Å². The SMILES string of the molecule is Cc1c(Cl)nnc(NC(c2cccs2)C(C)C)c1C. The van der Waals surface area contributed by atoms with Gasteiger partial charge >= 0.3 is 0 Å². The average molecular weight is 296 g/mol. The predicted molar refractivity (Wildman–Crippen MR) is 82.0 cm³/mol. The Morgan fingerprint density at radius 1 is 1.21 bits per heavy atom. The zero-order valence-corrected chi connectivity index (χ0v) is 13.1. The second-order valence-electron chi connectivity index (χ2n) is 4.97. The number of hydrogen-bond acceptors (Lipinski definition) is 4. The van der Waals surface area contributed by atoms with E-state index in [0.29, 0.717) is 11.1 Å². The molecule has 102 valence electrons. The summed E-state index contributed by atoms with van der Waals surface area (Å²) in [5.74, 6) is 1.28. The van der Waals surface area contributed by atoms with Crippen LogP contribution in [-0.4, -0.2) is 10.2 Å². The number of anilines is 1. The highest BCUT2D eigenvalue weighted by molar-refractivity contribution is 7.10. The third-order valence-electron chi connectivity index (χ3n) is 3.27. The molecule has 0 bridgehead atoms. The van der Waals surface area contributed by atoms with Crippen molar-refractivity contribution >= 4 is 28.8 Å². The Balaban J connectivity index is 2.31. The van der Waals surface area contributed by atoms with Crippen molar-refractivity contribution in [3.8, 4) is 0 Å². The fourth-order valence-corrected chi connectivity index (χ4v) is 3.02. The predicted octanol–water partition coefficient (Wildman–Crippen LogP) is 4.62. The molecular formula is C14H18ClN3S. The number of halogens is 1. The van der Waals surface area contributed by atoms with Gasteiger partial charge in [-0.3, -0.25) is 0 Å². The van der Waals surface area contributed by atoms with E-state index in [4.69, 9.17) is 11.6 Å². The number of nitrogens with zero attached hydrogens (tertiary/aromatic N) is 2. The molecule has 1 N–H and O–H groups in total.